The summed E-state index contributed by atoms with van der Waals surface area (Å²) in [6.45, 7) is 4.20. The first kappa shape index (κ1) is 15.6. The third-order valence-corrected chi connectivity index (χ3v) is 4.83. The fraction of sp³-hybridized carbons (Fsp3) is 0.350. The molecular weight excluding hydrogens is 282 g/mol. The van der Waals surface area contributed by atoms with Crippen LogP contribution in [-0.2, 0) is 0 Å². The van der Waals surface area contributed by atoms with Gasteiger partial charge < -0.3 is 10.6 Å². The Balaban J connectivity index is 1.95. The normalized spacial score (nSPS) is 21.2. The van der Waals surface area contributed by atoms with Gasteiger partial charge in [-0.15, -0.1) is 0 Å². The number of likely N-dealkylation sites (tertiary alicyclic amines) is 1. The van der Waals surface area contributed by atoms with Crippen molar-refractivity contribution in [3.63, 3.8) is 0 Å². The van der Waals surface area contributed by atoms with Crippen LogP contribution < -0.4 is 5.73 Å². The van der Waals surface area contributed by atoms with Crippen molar-refractivity contribution < 1.29 is 0 Å². The number of nitrogens with one attached hydrogen (secondary N) is 1. The Morgan fingerprint density at radius 3 is 1.61 bits per heavy atom. The van der Waals surface area contributed by atoms with Gasteiger partial charge in [-0.25, -0.2) is 0 Å². The van der Waals surface area contributed by atoms with Gasteiger partial charge in [0.05, 0.1) is 12.1 Å². The van der Waals surface area contributed by atoms with E-state index >= 15 is 0 Å². The lowest BCUT2D eigenvalue weighted by Gasteiger charge is -2.43. The smallest absolute Gasteiger partial charge is 0.189 e. The number of piperidine rings is 1. The maximum absolute atomic E-state index is 8.14. The van der Waals surface area contributed by atoms with Crippen LogP contribution in [0.3, 0.4) is 0 Å². The van der Waals surface area contributed by atoms with Crippen LogP contribution in [0.4, 0.5) is 0 Å². The van der Waals surface area contributed by atoms with Gasteiger partial charge in [0.15, 0.2) is 5.96 Å². The molecule has 3 rings (SSSR count). The summed E-state index contributed by atoms with van der Waals surface area (Å²) in [5.41, 5.74) is 11.0. The maximum Gasteiger partial charge on any atom is 0.189 e. The average molecular weight is 307 g/mol. The molecule has 0 spiro atoms. The van der Waals surface area contributed by atoms with Crippen molar-refractivity contribution in [3.05, 3.63) is 70.8 Å². The van der Waals surface area contributed by atoms with Gasteiger partial charge in [0, 0.05) is 0 Å². The van der Waals surface area contributed by atoms with Gasteiger partial charge >= 0.3 is 0 Å². The van der Waals surface area contributed by atoms with E-state index in [0.29, 0.717) is 0 Å². The summed E-state index contributed by atoms with van der Waals surface area (Å²) in [5, 5.41) is 8.14. The van der Waals surface area contributed by atoms with Crippen LogP contribution in [0.2, 0.25) is 0 Å². The average Bonchev–Trinajstić information content (AvgIpc) is 2.55. The van der Waals surface area contributed by atoms with Crippen molar-refractivity contribution in [2.24, 2.45) is 5.73 Å². The highest BCUT2D eigenvalue weighted by Gasteiger charge is 2.33. The minimum atomic E-state index is 0.167. The SMILES string of the molecule is Cc1ccc([C@H]2CCC[C@H](c3ccc(C)cc3)N2C(=N)N)cc1. The maximum atomic E-state index is 8.14. The van der Waals surface area contributed by atoms with Crippen molar-refractivity contribution in [2.75, 3.05) is 0 Å². The Bertz CT molecular complexity index is 620. The van der Waals surface area contributed by atoms with Crippen molar-refractivity contribution >= 4 is 5.96 Å². The van der Waals surface area contributed by atoms with Gasteiger partial charge in [0.25, 0.3) is 0 Å². The Morgan fingerprint density at radius 1 is 0.870 bits per heavy atom. The quantitative estimate of drug-likeness (QED) is 0.635. The molecule has 2 atom stereocenters. The first-order chi connectivity index (χ1) is 11.1. The second kappa shape index (κ2) is 6.45. The zero-order chi connectivity index (χ0) is 16.4. The summed E-state index contributed by atoms with van der Waals surface area (Å²) in [6.07, 6.45) is 3.25. The minimum Gasteiger partial charge on any atom is -0.370 e. The lowest BCUT2D eigenvalue weighted by molar-refractivity contribution is 0.165. The Labute approximate surface area is 138 Å². The molecule has 0 unspecified atom stereocenters. The number of nitrogens with zero attached hydrogens (tertiary/aromatic N) is 1. The van der Waals surface area contributed by atoms with E-state index in [4.69, 9.17) is 11.1 Å². The molecule has 1 saturated heterocycles. The topological polar surface area (TPSA) is 53.1 Å². The van der Waals surface area contributed by atoms with Crippen LogP contribution in [0, 0.1) is 19.3 Å². The molecule has 3 nitrogen and oxygen atoms in total. The van der Waals surface area contributed by atoms with E-state index in [-0.39, 0.29) is 18.0 Å². The molecule has 23 heavy (non-hydrogen) atoms. The number of rotatable bonds is 2. The molecule has 0 amide bonds. The van der Waals surface area contributed by atoms with Crippen LogP contribution in [-0.4, -0.2) is 10.9 Å². The Hall–Kier alpha value is -2.29. The molecule has 0 saturated carbocycles. The second-order valence-electron chi connectivity index (χ2n) is 6.58. The molecule has 1 aliphatic rings. The molecule has 1 heterocycles. The van der Waals surface area contributed by atoms with Gasteiger partial charge in [-0.1, -0.05) is 59.7 Å². The standard InChI is InChI=1S/C20H25N3/c1-14-6-10-16(11-7-14)18-4-3-5-19(23(18)20(21)22)17-12-8-15(2)9-13-17/h6-13,18-19H,3-5H2,1-2H3,(H3,21,22)/t18-,19-/m1/s1. The van der Waals surface area contributed by atoms with Crippen LogP contribution in [0.15, 0.2) is 48.5 Å². The molecule has 0 radical (unpaired) electrons. The molecular formula is C20H25N3. The first-order valence-corrected chi connectivity index (χ1v) is 8.32. The van der Waals surface area contributed by atoms with Crippen molar-refractivity contribution in [2.45, 2.75) is 45.2 Å². The number of benzene rings is 2. The predicted octanol–water partition coefficient (Wildman–Crippen LogP) is 4.47. The highest BCUT2D eigenvalue weighted by molar-refractivity contribution is 5.76. The molecule has 0 aliphatic carbocycles. The molecule has 2 aromatic rings. The monoisotopic (exact) mass is 307 g/mol. The van der Waals surface area contributed by atoms with Crippen molar-refractivity contribution in [1.82, 2.24) is 4.90 Å². The van der Waals surface area contributed by atoms with E-state index in [0.717, 1.165) is 19.3 Å². The summed E-state index contributed by atoms with van der Waals surface area (Å²) >= 11 is 0. The van der Waals surface area contributed by atoms with E-state index in [1.807, 2.05) is 0 Å². The third kappa shape index (κ3) is 3.24. The molecule has 120 valence electrons. The van der Waals surface area contributed by atoms with Gasteiger partial charge in [-0.2, -0.15) is 0 Å². The predicted molar refractivity (Wildman–Crippen MR) is 95.4 cm³/mol. The summed E-state index contributed by atoms with van der Waals surface area (Å²) in [4.78, 5) is 2.10. The van der Waals surface area contributed by atoms with Gasteiger partial charge in [0.1, 0.15) is 0 Å². The molecule has 0 bridgehead atoms. The lowest BCUT2D eigenvalue weighted by atomic mass is 9.87. The summed E-state index contributed by atoms with van der Waals surface area (Å²) in [6, 6.07) is 17.6. The van der Waals surface area contributed by atoms with E-state index < -0.39 is 0 Å². The zero-order valence-electron chi connectivity index (χ0n) is 13.9. The highest BCUT2D eigenvalue weighted by Crippen LogP contribution is 2.41. The fourth-order valence-corrected chi connectivity index (χ4v) is 3.57. The Kier molecular flexibility index (Phi) is 4.37. The van der Waals surface area contributed by atoms with E-state index in [9.17, 15) is 0 Å². The largest absolute Gasteiger partial charge is 0.370 e. The molecule has 1 fully saturated rings. The van der Waals surface area contributed by atoms with E-state index in [1.165, 1.54) is 22.3 Å². The van der Waals surface area contributed by atoms with E-state index in [1.54, 1.807) is 0 Å². The van der Waals surface area contributed by atoms with Crippen molar-refractivity contribution in [3.8, 4) is 0 Å². The minimum absolute atomic E-state index is 0.167. The second-order valence-corrected chi connectivity index (χ2v) is 6.58. The number of guanidine groups is 1. The van der Waals surface area contributed by atoms with Gasteiger partial charge in [-0.3, -0.25) is 5.41 Å². The lowest BCUT2D eigenvalue weighted by Crippen LogP contribution is -2.44. The first-order valence-electron chi connectivity index (χ1n) is 8.32. The van der Waals surface area contributed by atoms with Crippen LogP contribution in [0.1, 0.15) is 53.6 Å². The molecule has 3 heteroatoms. The number of hydrogen-bond acceptors (Lipinski definition) is 1. The fourth-order valence-electron chi connectivity index (χ4n) is 3.57. The Morgan fingerprint density at radius 2 is 1.26 bits per heavy atom. The summed E-state index contributed by atoms with van der Waals surface area (Å²) < 4.78 is 0. The number of nitrogens with two attached hydrogens (primary N) is 1. The van der Waals surface area contributed by atoms with Gasteiger partial charge in [0.2, 0.25) is 0 Å². The van der Waals surface area contributed by atoms with Crippen LogP contribution in [0.5, 0.6) is 0 Å². The molecule has 0 aromatic heterocycles. The van der Waals surface area contributed by atoms with E-state index in [2.05, 4.69) is 67.3 Å². The van der Waals surface area contributed by atoms with Crippen LogP contribution >= 0.6 is 0 Å². The highest BCUT2D eigenvalue weighted by atomic mass is 15.3. The summed E-state index contributed by atoms with van der Waals surface area (Å²) in [7, 11) is 0. The molecule has 2 aromatic carbocycles. The summed E-state index contributed by atoms with van der Waals surface area (Å²) in [5.74, 6) is 0.167. The van der Waals surface area contributed by atoms with Gasteiger partial charge in [-0.05, 0) is 44.2 Å². The molecule has 3 N–H and O–H groups in total. The third-order valence-electron chi connectivity index (χ3n) is 4.83. The molecule has 1 aliphatic heterocycles. The number of hydrogen-bond donors (Lipinski definition) is 2. The van der Waals surface area contributed by atoms with Crippen molar-refractivity contribution in [1.29, 1.82) is 5.41 Å². The zero-order valence-corrected chi connectivity index (χ0v) is 13.9. The number of aryl methyl sites for hydroxylation is 2. The van der Waals surface area contributed by atoms with Crippen LogP contribution in [0.25, 0.3) is 0 Å².